The Hall–Kier alpha value is -1.42. The zero-order valence-electron chi connectivity index (χ0n) is 12.6. The standard InChI is InChI=1S/C15H21FN2O2S/c1-4-12(3)18(5-2)21(19,20)14-9-8-13(7-6-10-17)15(16)11-14/h8-9,11-12H,4-5,10,17H2,1-3H3. The molecule has 0 amide bonds. The lowest BCUT2D eigenvalue weighted by Gasteiger charge is -2.26. The highest BCUT2D eigenvalue weighted by atomic mass is 32.2. The lowest BCUT2D eigenvalue weighted by Crippen LogP contribution is -2.38. The number of sulfonamides is 1. The largest absolute Gasteiger partial charge is 0.320 e. The minimum absolute atomic E-state index is 0.0551. The van der Waals surface area contributed by atoms with Crippen molar-refractivity contribution < 1.29 is 12.8 Å². The van der Waals surface area contributed by atoms with Gasteiger partial charge in [-0.3, -0.25) is 0 Å². The maximum absolute atomic E-state index is 13.9. The molecular formula is C15H21FN2O2S. The number of benzene rings is 1. The Kier molecular flexibility index (Phi) is 6.34. The molecule has 0 radical (unpaired) electrons. The van der Waals surface area contributed by atoms with E-state index in [1.54, 1.807) is 6.92 Å². The SMILES string of the molecule is CCC(C)N(CC)S(=O)(=O)c1ccc(C#CCN)c(F)c1. The Morgan fingerprint density at radius 3 is 2.52 bits per heavy atom. The number of hydrogen-bond acceptors (Lipinski definition) is 3. The Bertz CT molecular complexity index is 647. The van der Waals surface area contributed by atoms with Crippen LogP contribution in [0.3, 0.4) is 0 Å². The van der Waals surface area contributed by atoms with E-state index in [1.807, 2.05) is 13.8 Å². The van der Waals surface area contributed by atoms with Crippen molar-refractivity contribution in [2.75, 3.05) is 13.1 Å². The van der Waals surface area contributed by atoms with Crippen LogP contribution < -0.4 is 5.73 Å². The lowest BCUT2D eigenvalue weighted by molar-refractivity contribution is 0.342. The smallest absolute Gasteiger partial charge is 0.243 e. The molecule has 0 aromatic heterocycles. The van der Waals surface area contributed by atoms with E-state index < -0.39 is 15.8 Å². The van der Waals surface area contributed by atoms with Gasteiger partial charge in [0.2, 0.25) is 10.0 Å². The van der Waals surface area contributed by atoms with E-state index >= 15 is 0 Å². The summed E-state index contributed by atoms with van der Waals surface area (Å²) < 4.78 is 40.4. The summed E-state index contributed by atoms with van der Waals surface area (Å²) in [6.07, 6.45) is 0.690. The van der Waals surface area contributed by atoms with Crippen LogP contribution in [0.5, 0.6) is 0 Å². The molecule has 6 heteroatoms. The van der Waals surface area contributed by atoms with Gasteiger partial charge in [0.1, 0.15) is 5.82 Å². The minimum atomic E-state index is -3.70. The quantitative estimate of drug-likeness (QED) is 0.845. The van der Waals surface area contributed by atoms with Gasteiger partial charge in [0.05, 0.1) is 17.0 Å². The Morgan fingerprint density at radius 1 is 1.38 bits per heavy atom. The van der Waals surface area contributed by atoms with E-state index in [0.717, 1.165) is 6.07 Å². The molecule has 1 aromatic carbocycles. The number of hydrogen-bond donors (Lipinski definition) is 1. The molecule has 2 N–H and O–H groups in total. The fraction of sp³-hybridized carbons (Fsp3) is 0.467. The van der Waals surface area contributed by atoms with Crippen molar-refractivity contribution in [2.45, 2.75) is 38.1 Å². The van der Waals surface area contributed by atoms with Crippen LogP contribution in [-0.2, 0) is 10.0 Å². The van der Waals surface area contributed by atoms with Crippen molar-refractivity contribution >= 4 is 10.0 Å². The molecule has 116 valence electrons. The maximum atomic E-state index is 13.9. The Labute approximate surface area is 126 Å². The third-order valence-corrected chi connectivity index (χ3v) is 5.35. The molecule has 0 fully saturated rings. The van der Waals surface area contributed by atoms with Gasteiger partial charge in [0.15, 0.2) is 0 Å². The predicted octanol–water partition coefficient (Wildman–Crippen LogP) is 1.95. The zero-order chi connectivity index (χ0) is 16.0. The van der Waals surface area contributed by atoms with E-state index in [1.165, 1.54) is 16.4 Å². The average Bonchev–Trinajstić information content (AvgIpc) is 2.46. The van der Waals surface area contributed by atoms with Gasteiger partial charge in [-0.2, -0.15) is 4.31 Å². The molecular weight excluding hydrogens is 291 g/mol. The monoisotopic (exact) mass is 312 g/mol. The summed E-state index contributed by atoms with van der Waals surface area (Å²) >= 11 is 0. The first-order valence-corrected chi connectivity index (χ1v) is 8.32. The molecule has 1 unspecified atom stereocenters. The third kappa shape index (κ3) is 4.03. The lowest BCUT2D eigenvalue weighted by atomic mass is 10.2. The van der Waals surface area contributed by atoms with Gasteiger partial charge < -0.3 is 5.73 Å². The molecule has 0 spiro atoms. The summed E-state index contributed by atoms with van der Waals surface area (Å²) in [5, 5.41) is 0. The number of halogens is 1. The van der Waals surface area contributed by atoms with Crippen LogP contribution in [-0.4, -0.2) is 31.9 Å². The van der Waals surface area contributed by atoms with Crippen LogP contribution in [0.15, 0.2) is 23.1 Å². The summed E-state index contributed by atoms with van der Waals surface area (Å²) in [7, 11) is -3.70. The van der Waals surface area contributed by atoms with Gasteiger partial charge in [-0.05, 0) is 31.5 Å². The molecule has 0 saturated heterocycles. The molecule has 0 heterocycles. The van der Waals surface area contributed by atoms with Gasteiger partial charge in [-0.1, -0.05) is 25.7 Å². The van der Waals surface area contributed by atoms with Crippen molar-refractivity contribution in [1.29, 1.82) is 0 Å². The number of rotatable bonds is 5. The molecule has 0 aliphatic rings. The summed E-state index contributed by atoms with van der Waals surface area (Å²) in [5.74, 6) is 4.46. The van der Waals surface area contributed by atoms with Crippen molar-refractivity contribution in [3.63, 3.8) is 0 Å². The fourth-order valence-corrected chi connectivity index (χ4v) is 3.69. The van der Waals surface area contributed by atoms with Gasteiger partial charge in [0, 0.05) is 12.6 Å². The number of nitrogens with two attached hydrogens (primary N) is 1. The van der Waals surface area contributed by atoms with Gasteiger partial charge in [-0.15, -0.1) is 0 Å². The Balaban J connectivity index is 3.23. The average molecular weight is 312 g/mol. The second-order valence-electron chi connectivity index (χ2n) is 4.61. The van der Waals surface area contributed by atoms with Gasteiger partial charge >= 0.3 is 0 Å². The number of nitrogens with zero attached hydrogens (tertiary/aromatic N) is 1. The highest BCUT2D eigenvalue weighted by Crippen LogP contribution is 2.21. The molecule has 4 nitrogen and oxygen atoms in total. The third-order valence-electron chi connectivity index (χ3n) is 3.27. The van der Waals surface area contributed by atoms with Crippen LogP contribution in [0, 0.1) is 17.7 Å². The second kappa shape index (κ2) is 7.55. The van der Waals surface area contributed by atoms with Crippen LogP contribution in [0.4, 0.5) is 4.39 Å². The summed E-state index contributed by atoms with van der Waals surface area (Å²) in [4.78, 5) is -0.0551. The van der Waals surface area contributed by atoms with Crippen LogP contribution in [0.1, 0.15) is 32.8 Å². The van der Waals surface area contributed by atoms with E-state index in [2.05, 4.69) is 11.8 Å². The van der Waals surface area contributed by atoms with Gasteiger partial charge in [-0.25, -0.2) is 12.8 Å². The van der Waals surface area contributed by atoms with Crippen LogP contribution in [0.25, 0.3) is 0 Å². The first-order valence-electron chi connectivity index (χ1n) is 6.88. The second-order valence-corrected chi connectivity index (χ2v) is 6.50. The maximum Gasteiger partial charge on any atom is 0.243 e. The summed E-state index contributed by atoms with van der Waals surface area (Å²) in [6, 6.07) is 3.63. The van der Waals surface area contributed by atoms with E-state index in [4.69, 9.17) is 5.73 Å². The fourth-order valence-electron chi connectivity index (χ4n) is 1.96. The van der Waals surface area contributed by atoms with Crippen LogP contribution in [0.2, 0.25) is 0 Å². The van der Waals surface area contributed by atoms with E-state index in [-0.39, 0.29) is 23.0 Å². The normalized spacial score (nSPS) is 12.9. The van der Waals surface area contributed by atoms with Crippen molar-refractivity contribution in [2.24, 2.45) is 5.73 Å². The van der Waals surface area contributed by atoms with E-state index in [9.17, 15) is 12.8 Å². The zero-order valence-corrected chi connectivity index (χ0v) is 13.4. The molecule has 0 aliphatic heterocycles. The minimum Gasteiger partial charge on any atom is -0.320 e. The van der Waals surface area contributed by atoms with Crippen LogP contribution >= 0.6 is 0 Å². The van der Waals surface area contributed by atoms with E-state index in [0.29, 0.717) is 13.0 Å². The van der Waals surface area contributed by atoms with Gasteiger partial charge in [0.25, 0.3) is 0 Å². The molecule has 21 heavy (non-hydrogen) atoms. The molecule has 1 rings (SSSR count). The molecule has 0 aliphatic carbocycles. The van der Waals surface area contributed by atoms with Crippen molar-refractivity contribution in [3.05, 3.63) is 29.6 Å². The molecule has 0 saturated carbocycles. The summed E-state index contributed by atoms with van der Waals surface area (Å²) in [5.41, 5.74) is 5.38. The van der Waals surface area contributed by atoms with Crippen molar-refractivity contribution in [3.8, 4) is 11.8 Å². The molecule has 1 aromatic rings. The molecule has 1 atom stereocenters. The summed E-state index contributed by atoms with van der Waals surface area (Å²) in [6.45, 7) is 5.97. The first-order chi connectivity index (χ1) is 9.88. The topological polar surface area (TPSA) is 63.4 Å². The highest BCUT2D eigenvalue weighted by Gasteiger charge is 2.27. The molecule has 0 bridgehead atoms. The van der Waals surface area contributed by atoms with Crippen molar-refractivity contribution in [1.82, 2.24) is 4.31 Å². The Morgan fingerprint density at radius 2 is 2.05 bits per heavy atom. The first kappa shape index (κ1) is 17.6. The highest BCUT2D eigenvalue weighted by molar-refractivity contribution is 7.89. The predicted molar refractivity (Wildman–Crippen MR) is 81.7 cm³/mol.